The maximum absolute atomic E-state index is 14.6. The molecular weight excluding hydrogens is 763 g/mol. The molecule has 2 heterocycles. The molecule has 7 aromatic rings. The van der Waals surface area contributed by atoms with E-state index in [4.69, 9.17) is 15.2 Å². The number of unbranched alkanes of at least 4 members (excludes halogenated alkanes) is 3. The molecule has 0 bridgehead atoms. The monoisotopic (exact) mass is 813 g/mol. The van der Waals surface area contributed by atoms with Crippen LogP contribution in [0.15, 0.2) is 84.9 Å². The summed E-state index contributed by atoms with van der Waals surface area (Å²) in [6.07, 6.45) is 3.67. The van der Waals surface area contributed by atoms with Gasteiger partial charge in [0, 0.05) is 63.1 Å². The van der Waals surface area contributed by atoms with Crippen molar-refractivity contribution in [3.8, 4) is 23.0 Å². The van der Waals surface area contributed by atoms with Gasteiger partial charge in [-0.3, -0.25) is 29.0 Å². The molecule has 2 N–H and O–H groups in total. The van der Waals surface area contributed by atoms with Crippen LogP contribution in [0.5, 0.6) is 23.0 Å². The third-order valence-corrected chi connectivity index (χ3v) is 12.4. The molecule has 9 heteroatoms. The summed E-state index contributed by atoms with van der Waals surface area (Å²) in [4.78, 5) is 60.1. The van der Waals surface area contributed by atoms with E-state index in [0.717, 1.165) is 30.4 Å². The summed E-state index contributed by atoms with van der Waals surface area (Å²) in [6, 6.07) is 26.7. The number of hydrogen-bond acceptors (Lipinski definition) is 7. The van der Waals surface area contributed by atoms with Crippen LogP contribution in [0.2, 0.25) is 0 Å². The second-order valence-electron chi connectivity index (χ2n) is 18.5. The Morgan fingerprint density at radius 1 is 0.475 bits per heavy atom. The molecule has 0 saturated heterocycles. The SMILES string of the molecule is CCCCCCN1C(=O)c2ccc3c4c(Oc5ccc(C(C)(C)C)cc5)cc5c6c(ccc(c7c(Oc8ccc(C(C)(C)C)cc8)cc(c2c37)C1=O)c64)C(=O)N(CCN)C5=O. The lowest BCUT2D eigenvalue weighted by molar-refractivity contribution is 0.0595. The van der Waals surface area contributed by atoms with E-state index in [-0.39, 0.29) is 35.7 Å². The summed E-state index contributed by atoms with van der Waals surface area (Å²) < 4.78 is 13.7. The number of benzene rings is 7. The lowest BCUT2D eigenvalue weighted by Gasteiger charge is -2.31. The molecule has 61 heavy (non-hydrogen) atoms. The molecule has 0 spiro atoms. The molecule has 0 radical (unpaired) electrons. The molecule has 0 atom stereocenters. The molecule has 0 fully saturated rings. The van der Waals surface area contributed by atoms with Crippen LogP contribution in [0.3, 0.4) is 0 Å². The van der Waals surface area contributed by atoms with Gasteiger partial charge in [-0.1, -0.05) is 104 Å². The van der Waals surface area contributed by atoms with Crippen LogP contribution in [0.1, 0.15) is 127 Å². The molecule has 310 valence electrons. The van der Waals surface area contributed by atoms with E-state index in [0.29, 0.717) is 101 Å². The first-order valence-corrected chi connectivity index (χ1v) is 21.4. The second-order valence-corrected chi connectivity index (χ2v) is 18.5. The van der Waals surface area contributed by atoms with E-state index >= 15 is 0 Å². The fraction of sp³-hybridized carbons (Fsp3) is 0.308. The number of carbonyl (C=O) groups is 4. The number of carbonyl (C=O) groups excluding carboxylic acids is 4. The standard InChI is InChI=1S/C52H51N3O6/c1-8-9-10-11-25-54-47(56)35-22-20-33-44-40(61-32-18-14-30(15-19-32)52(5,6)7)28-38-42-36(48(57)55(26-24-53)50(38)59)23-21-34(46(42)44)43-39(27-37(49(54)58)41(35)45(33)43)60-31-16-12-29(13-17-31)51(2,3)4/h12-23,27-28H,8-11,24-26,53H2,1-7H3. The number of nitrogens with zero attached hydrogens (tertiary/aromatic N) is 2. The van der Waals surface area contributed by atoms with Gasteiger partial charge in [-0.15, -0.1) is 0 Å². The summed E-state index contributed by atoms with van der Waals surface area (Å²) in [5.74, 6) is 0.374. The van der Waals surface area contributed by atoms with Crippen LogP contribution < -0.4 is 15.2 Å². The normalized spacial score (nSPS) is 14.4. The number of fused-ring (bicyclic) bond motifs is 2. The Hall–Kier alpha value is -6.32. The molecule has 9 nitrogen and oxygen atoms in total. The second kappa shape index (κ2) is 14.7. The highest BCUT2D eigenvalue weighted by molar-refractivity contribution is 6.43. The zero-order valence-electron chi connectivity index (χ0n) is 36.0. The first kappa shape index (κ1) is 40.1. The van der Waals surface area contributed by atoms with Gasteiger partial charge in [-0.05, 0) is 87.7 Å². The molecule has 9 rings (SSSR count). The van der Waals surface area contributed by atoms with Crippen LogP contribution in [-0.4, -0.2) is 53.1 Å². The van der Waals surface area contributed by atoms with Crippen LogP contribution in [0, 0.1) is 0 Å². The van der Waals surface area contributed by atoms with Gasteiger partial charge in [-0.2, -0.15) is 0 Å². The zero-order valence-corrected chi connectivity index (χ0v) is 36.0. The van der Waals surface area contributed by atoms with E-state index in [1.165, 1.54) is 9.80 Å². The molecule has 0 unspecified atom stereocenters. The smallest absolute Gasteiger partial charge is 0.261 e. The van der Waals surface area contributed by atoms with Crippen molar-refractivity contribution in [2.75, 3.05) is 19.6 Å². The number of hydrogen-bond donors (Lipinski definition) is 1. The predicted octanol–water partition coefficient (Wildman–Crippen LogP) is 11.6. The van der Waals surface area contributed by atoms with Gasteiger partial charge in [0.2, 0.25) is 0 Å². The van der Waals surface area contributed by atoms with Gasteiger partial charge in [0.25, 0.3) is 23.6 Å². The summed E-state index contributed by atoms with van der Waals surface area (Å²) in [5, 5.41) is 5.08. The molecule has 0 aromatic heterocycles. The molecule has 0 aliphatic carbocycles. The maximum Gasteiger partial charge on any atom is 0.261 e. The molecule has 7 aromatic carbocycles. The van der Waals surface area contributed by atoms with Crippen LogP contribution in [0.4, 0.5) is 0 Å². The average molecular weight is 814 g/mol. The molecule has 2 aliphatic heterocycles. The van der Waals surface area contributed by atoms with E-state index in [1.54, 1.807) is 24.3 Å². The number of rotatable bonds is 11. The van der Waals surface area contributed by atoms with Gasteiger partial charge in [0.05, 0.1) is 11.1 Å². The van der Waals surface area contributed by atoms with Gasteiger partial charge in [0.15, 0.2) is 0 Å². The Morgan fingerprint density at radius 2 is 0.885 bits per heavy atom. The van der Waals surface area contributed by atoms with Crippen LogP contribution >= 0.6 is 0 Å². The van der Waals surface area contributed by atoms with Gasteiger partial charge >= 0.3 is 0 Å². The highest BCUT2D eigenvalue weighted by atomic mass is 16.5. The third kappa shape index (κ3) is 6.49. The molecule has 2 aliphatic rings. The highest BCUT2D eigenvalue weighted by Crippen LogP contribution is 2.53. The number of amides is 4. The number of imide groups is 2. The van der Waals surface area contributed by atoms with Gasteiger partial charge < -0.3 is 15.2 Å². The number of nitrogens with two attached hydrogens (primary N) is 1. The Labute approximate surface area is 355 Å². The van der Waals surface area contributed by atoms with Crippen molar-refractivity contribution < 1.29 is 28.7 Å². The topological polar surface area (TPSA) is 119 Å². The minimum absolute atomic E-state index is 0.0594. The van der Waals surface area contributed by atoms with E-state index in [2.05, 4.69) is 48.5 Å². The lowest BCUT2D eigenvalue weighted by Crippen LogP contribution is -2.43. The third-order valence-electron chi connectivity index (χ3n) is 12.4. The lowest BCUT2D eigenvalue weighted by atomic mass is 9.81. The van der Waals surface area contributed by atoms with Gasteiger partial charge in [-0.25, -0.2) is 0 Å². The van der Waals surface area contributed by atoms with E-state index < -0.39 is 11.8 Å². The highest BCUT2D eigenvalue weighted by Gasteiger charge is 2.39. The zero-order chi connectivity index (χ0) is 43.1. The Bertz CT molecular complexity index is 2950. The summed E-state index contributed by atoms with van der Waals surface area (Å²) >= 11 is 0. The van der Waals surface area contributed by atoms with Crippen molar-refractivity contribution in [2.24, 2.45) is 5.73 Å². The van der Waals surface area contributed by atoms with Crippen LogP contribution in [0.25, 0.3) is 43.1 Å². The van der Waals surface area contributed by atoms with Crippen molar-refractivity contribution in [1.82, 2.24) is 9.80 Å². The van der Waals surface area contributed by atoms with Crippen molar-refractivity contribution in [3.63, 3.8) is 0 Å². The Balaban J connectivity index is 1.37. The summed E-state index contributed by atoms with van der Waals surface area (Å²) in [7, 11) is 0. The fourth-order valence-corrected chi connectivity index (χ4v) is 9.19. The quantitative estimate of drug-likeness (QED) is 0.0597. The summed E-state index contributed by atoms with van der Waals surface area (Å²) in [5.41, 5.74) is 9.56. The van der Waals surface area contributed by atoms with Gasteiger partial charge in [0.1, 0.15) is 23.0 Å². The van der Waals surface area contributed by atoms with Crippen molar-refractivity contribution in [3.05, 3.63) is 118 Å². The average Bonchev–Trinajstić information content (AvgIpc) is 3.22. The molecule has 4 amide bonds. The van der Waals surface area contributed by atoms with E-state index in [9.17, 15) is 19.2 Å². The Morgan fingerprint density at radius 3 is 1.28 bits per heavy atom. The first-order valence-electron chi connectivity index (χ1n) is 21.4. The maximum atomic E-state index is 14.6. The molecular formula is C52H51N3O6. The van der Waals surface area contributed by atoms with Crippen LogP contribution in [-0.2, 0) is 10.8 Å². The minimum atomic E-state index is -0.457. The number of ether oxygens (including phenoxy) is 2. The predicted molar refractivity (Wildman–Crippen MR) is 242 cm³/mol. The Kier molecular flexibility index (Phi) is 9.66. The first-order chi connectivity index (χ1) is 29.1. The largest absolute Gasteiger partial charge is 0.457 e. The summed E-state index contributed by atoms with van der Waals surface area (Å²) in [6.45, 7) is 15.5. The molecule has 0 saturated carbocycles. The van der Waals surface area contributed by atoms with E-state index in [1.807, 2.05) is 60.7 Å². The fourth-order valence-electron chi connectivity index (χ4n) is 9.19. The minimum Gasteiger partial charge on any atom is -0.457 e. The van der Waals surface area contributed by atoms with Crippen molar-refractivity contribution >= 4 is 66.7 Å². The van der Waals surface area contributed by atoms with Crippen molar-refractivity contribution in [2.45, 2.75) is 85.0 Å². The van der Waals surface area contributed by atoms with Crippen molar-refractivity contribution in [1.29, 1.82) is 0 Å².